The summed E-state index contributed by atoms with van der Waals surface area (Å²) in [7, 11) is 0. The summed E-state index contributed by atoms with van der Waals surface area (Å²) >= 11 is 3.30. The van der Waals surface area contributed by atoms with Crippen LogP contribution >= 0.6 is 28.3 Å². The summed E-state index contributed by atoms with van der Waals surface area (Å²) in [6, 6.07) is 5.09. The van der Waals surface area contributed by atoms with Gasteiger partial charge in [-0.05, 0) is 25.1 Å². The fourth-order valence-corrected chi connectivity index (χ4v) is 1.27. The molecule has 0 aliphatic heterocycles. The molecule has 0 radical (unpaired) electrons. The Balaban J connectivity index is 0.00000121. The van der Waals surface area contributed by atoms with E-state index in [1.807, 2.05) is 13.0 Å². The molecule has 68 valence electrons. The van der Waals surface area contributed by atoms with Gasteiger partial charge in [-0.2, -0.15) is 0 Å². The minimum Gasteiger partial charge on any atom is -0.508 e. The first-order valence-electron chi connectivity index (χ1n) is 3.35. The van der Waals surface area contributed by atoms with Crippen LogP contribution in [-0.4, -0.2) is 5.11 Å². The molecule has 0 aliphatic carbocycles. The molecule has 0 bridgehead atoms. The van der Waals surface area contributed by atoms with E-state index in [0.717, 1.165) is 10.0 Å². The van der Waals surface area contributed by atoms with Gasteiger partial charge in [0.1, 0.15) is 5.75 Å². The molecule has 0 unspecified atom stereocenters. The zero-order valence-corrected chi connectivity index (χ0v) is 9.02. The third-order valence-electron chi connectivity index (χ3n) is 1.48. The van der Waals surface area contributed by atoms with Crippen molar-refractivity contribution in [1.82, 2.24) is 0 Å². The van der Waals surface area contributed by atoms with E-state index in [0.29, 0.717) is 0 Å². The van der Waals surface area contributed by atoms with Gasteiger partial charge in [0.15, 0.2) is 0 Å². The standard InChI is InChI=1S/C8H10BrNO.ClH/c1-5(10)7-4-6(9)2-3-8(7)11;/h2-5,11H,10H2,1H3;1H/t5-;/m1./s1. The molecule has 0 aliphatic rings. The molecule has 0 saturated carbocycles. The van der Waals surface area contributed by atoms with Crippen molar-refractivity contribution in [2.24, 2.45) is 5.73 Å². The number of halogens is 2. The lowest BCUT2D eigenvalue weighted by Gasteiger charge is -2.07. The van der Waals surface area contributed by atoms with E-state index in [4.69, 9.17) is 5.73 Å². The fourth-order valence-electron chi connectivity index (χ4n) is 0.890. The number of rotatable bonds is 1. The summed E-state index contributed by atoms with van der Waals surface area (Å²) in [6.07, 6.45) is 0. The lowest BCUT2D eigenvalue weighted by molar-refractivity contribution is 0.463. The highest BCUT2D eigenvalue weighted by molar-refractivity contribution is 9.10. The molecule has 1 atom stereocenters. The van der Waals surface area contributed by atoms with Crippen LogP contribution in [0.1, 0.15) is 18.5 Å². The van der Waals surface area contributed by atoms with Crippen LogP contribution in [0.25, 0.3) is 0 Å². The Labute approximate surface area is 86.3 Å². The molecule has 0 heterocycles. The first-order valence-corrected chi connectivity index (χ1v) is 4.14. The molecule has 1 rings (SSSR count). The molecule has 4 heteroatoms. The van der Waals surface area contributed by atoms with Crippen LogP contribution < -0.4 is 5.73 Å². The predicted molar refractivity (Wildman–Crippen MR) is 55.7 cm³/mol. The first kappa shape index (κ1) is 11.8. The van der Waals surface area contributed by atoms with Crippen LogP contribution in [0.4, 0.5) is 0 Å². The number of phenols is 1. The maximum Gasteiger partial charge on any atom is 0.120 e. The SMILES string of the molecule is C[C@@H](N)c1cc(Br)ccc1O.Cl. The average molecular weight is 253 g/mol. The van der Waals surface area contributed by atoms with Gasteiger partial charge in [0.2, 0.25) is 0 Å². The highest BCUT2D eigenvalue weighted by Crippen LogP contribution is 2.25. The van der Waals surface area contributed by atoms with Crippen LogP contribution in [0.3, 0.4) is 0 Å². The Morgan fingerprint density at radius 3 is 2.50 bits per heavy atom. The van der Waals surface area contributed by atoms with E-state index in [-0.39, 0.29) is 24.2 Å². The van der Waals surface area contributed by atoms with E-state index in [9.17, 15) is 5.11 Å². The topological polar surface area (TPSA) is 46.2 Å². The monoisotopic (exact) mass is 251 g/mol. The van der Waals surface area contributed by atoms with Crippen molar-refractivity contribution in [3.8, 4) is 5.75 Å². The largest absolute Gasteiger partial charge is 0.508 e. The van der Waals surface area contributed by atoms with Crippen molar-refractivity contribution in [2.45, 2.75) is 13.0 Å². The quantitative estimate of drug-likeness (QED) is 0.807. The number of hydrogen-bond donors (Lipinski definition) is 2. The van der Waals surface area contributed by atoms with Gasteiger partial charge in [-0.1, -0.05) is 15.9 Å². The number of aromatic hydroxyl groups is 1. The summed E-state index contributed by atoms with van der Waals surface area (Å²) < 4.78 is 0.933. The van der Waals surface area contributed by atoms with Gasteiger partial charge in [0.05, 0.1) is 0 Å². The lowest BCUT2D eigenvalue weighted by atomic mass is 10.1. The summed E-state index contributed by atoms with van der Waals surface area (Å²) in [5.74, 6) is 0.253. The molecule has 12 heavy (non-hydrogen) atoms. The molecule has 3 N–H and O–H groups in total. The van der Waals surface area contributed by atoms with Crippen molar-refractivity contribution in [1.29, 1.82) is 0 Å². The third-order valence-corrected chi connectivity index (χ3v) is 1.97. The van der Waals surface area contributed by atoms with Crippen LogP contribution in [0, 0.1) is 0 Å². The summed E-state index contributed by atoms with van der Waals surface area (Å²) in [5.41, 5.74) is 6.37. The number of hydrogen-bond acceptors (Lipinski definition) is 2. The third kappa shape index (κ3) is 2.66. The molecule has 0 amide bonds. The van der Waals surface area contributed by atoms with Crippen LogP contribution in [0.15, 0.2) is 22.7 Å². The summed E-state index contributed by atoms with van der Waals surface area (Å²) in [4.78, 5) is 0. The molecular formula is C8H11BrClNO. The van der Waals surface area contributed by atoms with Gasteiger partial charge in [-0.15, -0.1) is 12.4 Å². The smallest absolute Gasteiger partial charge is 0.120 e. The minimum atomic E-state index is -0.132. The number of phenolic OH excluding ortho intramolecular Hbond substituents is 1. The molecular weight excluding hydrogens is 241 g/mol. The van der Waals surface area contributed by atoms with Gasteiger partial charge in [0, 0.05) is 16.1 Å². The lowest BCUT2D eigenvalue weighted by Crippen LogP contribution is -2.04. The zero-order valence-electron chi connectivity index (χ0n) is 6.62. The van der Waals surface area contributed by atoms with E-state index >= 15 is 0 Å². The van der Waals surface area contributed by atoms with Gasteiger partial charge >= 0.3 is 0 Å². The normalized spacial score (nSPS) is 11.9. The Morgan fingerprint density at radius 2 is 2.08 bits per heavy atom. The average Bonchev–Trinajstić information content (AvgIpc) is 1.94. The van der Waals surface area contributed by atoms with E-state index in [1.54, 1.807) is 12.1 Å². The van der Waals surface area contributed by atoms with Gasteiger partial charge < -0.3 is 10.8 Å². The molecule has 1 aromatic carbocycles. The maximum atomic E-state index is 9.30. The second-order valence-corrected chi connectivity index (χ2v) is 3.41. The second kappa shape index (κ2) is 4.70. The fraction of sp³-hybridized carbons (Fsp3) is 0.250. The Morgan fingerprint density at radius 1 is 1.50 bits per heavy atom. The van der Waals surface area contributed by atoms with Crippen molar-refractivity contribution >= 4 is 28.3 Å². The number of benzene rings is 1. The van der Waals surface area contributed by atoms with Gasteiger partial charge in [-0.3, -0.25) is 0 Å². The Kier molecular flexibility index (Phi) is 4.60. The zero-order chi connectivity index (χ0) is 8.43. The van der Waals surface area contributed by atoms with Crippen molar-refractivity contribution < 1.29 is 5.11 Å². The van der Waals surface area contributed by atoms with Crippen molar-refractivity contribution in [3.05, 3.63) is 28.2 Å². The Hall–Kier alpha value is -0.250. The number of nitrogens with two attached hydrogens (primary N) is 1. The molecule has 2 nitrogen and oxygen atoms in total. The van der Waals surface area contributed by atoms with E-state index < -0.39 is 0 Å². The van der Waals surface area contributed by atoms with Gasteiger partial charge in [0.25, 0.3) is 0 Å². The highest BCUT2D eigenvalue weighted by Gasteiger charge is 2.05. The minimum absolute atomic E-state index is 0. The summed E-state index contributed by atoms with van der Waals surface area (Å²) in [6.45, 7) is 1.83. The molecule has 0 fully saturated rings. The molecule has 0 aromatic heterocycles. The molecule has 1 aromatic rings. The first-order chi connectivity index (χ1) is 5.11. The molecule has 0 saturated heterocycles. The van der Waals surface area contributed by atoms with E-state index in [2.05, 4.69) is 15.9 Å². The van der Waals surface area contributed by atoms with Crippen LogP contribution in [-0.2, 0) is 0 Å². The maximum absolute atomic E-state index is 9.30. The highest BCUT2D eigenvalue weighted by atomic mass is 79.9. The van der Waals surface area contributed by atoms with Crippen molar-refractivity contribution in [2.75, 3.05) is 0 Å². The van der Waals surface area contributed by atoms with Crippen LogP contribution in [0.2, 0.25) is 0 Å². The van der Waals surface area contributed by atoms with Crippen molar-refractivity contribution in [3.63, 3.8) is 0 Å². The Bertz CT molecular complexity index is 265. The summed E-state index contributed by atoms with van der Waals surface area (Å²) in [5, 5.41) is 9.30. The molecule has 0 spiro atoms. The van der Waals surface area contributed by atoms with E-state index in [1.165, 1.54) is 0 Å². The van der Waals surface area contributed by atoms with Crippen LogP contribution in [0.5, 0.6) is 5.75 Å². The second-order valence-electron chi connectivity index (χ2n) is 2.49. The van der Waals surface area contributed by atoms with Gasteiger partial charge in [-0.25, -0.2) is 0 Å². The predicted octanol–water partition coefficient (Wildman–Crippen LogP) is 2.60.